The summed E-state index contributed by atoms with van der Waals surface area (Å²) in [6, 6.07) is 4.50. The number of piperidine rings is 1. The van der Waals surface area contributed by atoms with E-state index in [4.69, 9.17) is 0 Å². The summed E-state index contributed by atoms with van der Waals surface area (Å²) in [6.07, 6.45) is 0.0507. The Bertz CT molecular complexity index is 914. The van der Waals surface area contributed by atoms with Gasteiger partial charge in [0, 0.05) is 42.8 Å². The van der Waals surface area contributed by atoms with Gasteiger partial charge in [-0.3, -0.25) is 0 Å². The number of rotatable bonds is 11. The Morgan fingerprint density at radius 3 is 2.56 bits per heavy atom. The van der Waals surface area contributed by atoms with Crippen LogP contribution in [-0.2, 0) is 16.0 Å². The Hall–Kier alpha value is -2.07. The maximum absolute atomic E-state index is 13.1. The van der Waals surface area contributed by atoms with Crippen LogP contribution in [0.3, 0.4) is 0 Å². The zero-order valence-corrected chi connectivity index (χ0v) is 20.8. The molecule has 0 aliphatic carbocycles. The van der Waals surface area contributed by atoms with Gasteiger partial charge in [-0.2, -0.15) is 13.2 Å². The first-order chi connectivity index (χ1) is 16.0. The molecule has 0 spiro atoms. The van der Waals surface area contributed by atoms with Crippen molar-refractivity contribution in [3.05, 3.63) is 41.8 Å². The van der Waals surface area contributed by atoms with Gasteiger partial charge in [-0.1, -0.05) is 26.0 Å². The first kappa shape index (κ1) is 28.2. The number of sulfone groups is 1. The predicted molar refractivity (Wildman–Crippen MR) is 129 cm³/mol. The van der Waals surface area contributed by atoms with Crippen molar-refractivity contribution in [1.82, 2.24) is 9.80 Å². The highest BCUT2D eigenvalue weighted by atomic mass is 32.2. The molecule has 2 rings (SSSR count). The minimum atomic E-state index is -4.50. The van der Waals surface area contributed by atoms with Gasteiger partial charge in [-0.05, 0) is 57.2 Å². The van der Waals surface area contributed by atoms with E-state index in [1.807, 2.05) is 0 Å². The number of nitrogens with zero attached hydrogens (tertiary/aromatic N) is 2. The molecule has 1 atom stereocenters. The maximum Gasteiger partial charge on any atom is 0.416 e. The monoisotopic (exact) mass is 503 g/mol. The number of anilines is 1. The molecule has 1 aromatic carbocycles. The van der Waals surface area contributed by atoms with Gasteiger partial charge in [0.15, 0.2) is 9.84 Å². The lowest BCUT2D eigenvalue weighted by Gasteiger charge is -2.40. The fourth-order valence-electron chi connectivity index (χ4n) is 4.33. The average molecular weight is 504 g/mol. The van der Waals surface area contributed by atoms with Crippen molar-refractivity contribution < 1.29 is 26.4 Å². The van der Waals surface area contributed by atoms with Gasteiger partial charge in [0.25, 0.3) is 0 Å². The van der Waals surface area contributed by atoms with Crippen molar-refractivity contribution in [3.8, 4) is 0 Å². The van der Waals surface area contributed by atoms with Gasteiger partial charge in [0.1, 0.15) is 0 Å². The molecule has 1 heterocycles. The molecule has 0 bridgehead atoms. The molecule has 0 radical (unpaired) electrons. The van der Waals surface area contributed by atoms with Crippen LogP contribution in [0.2, 0.25) is 0 Å². The van der Waals surface area contributed by atoms with Gasteiger partial charge >= 0.3 is 12.2 Å². The standard InChI is InChI=1S/C24H36F3N3O3S/c1-4-9-19(3)29-15-12-22(13-16-29)30(14-6-7-17-34(32,33)5-2)23(31)28-21-11-8-10-20(18-21)24(25,26)27/h5,8,10-11,18-19,22H,2,4,6-7,9,12-17H2,1,3H3,(H,28,31). The lowest BCUT2D eigenvalue weighted by molar-refractivity contribution is -0.137. The van der Waals surface area contributed by atoms with E-state index in [1.54, 1.807) is 4.90 Å². The number of carbonyl (C=O) groups excluding carboxylic acids is 1. The molecule has 1 aliphatic rings. The van der Waals surface area contributed by atoms with Crippen LogP contribution in [0.5, 0.6) is 0 Å². The summed E-state index contributed by atoms with van der Waals surface area (Å²) < 4.78 is 62.5. The minimum Gasteiger partial charge on any atom is -0.321 e. The lowest BCUT2D eigenvalue weighted by atomic mass is 10.00. The average Bonchev–Trinajstić information content (AvgIpc) is 2.79. The number of alkyl halides is 3. The Morgan fingerprint density at radius 1 is 1.29 bits per heavy atom. The van der Waals surface area contributed by atoms with Crippen LogP contribution in [0.15, 0.2) is 36.3 Å². The first-order valence-electron chi connectivity index (χ1n) is 11.8. The van der Waals surface area contributed by atoms with Crippen LogP contribution in [0.4, 0.5) is 23.7 Å². The van der Waals surface area contributed by atoms with Crippen molar-refractivity contribution in [3.63, 3.8) is 0 Å². The quantitative estimate of drug-likeness (QED) is 0.403. The summed E-state index contributed by atoms with van der Waals surface area (Å²) in [4.78, 5) is 17.2. The van der Waals surface area contributed by atoms with Crippen LogP contribution in [0.25, 0.3) is 0 Å². The minimum absolute atomic E-state index is 0.0490. The van der Waals surface area contributed by atoms with E-state index in [0.717, 1.165) is 56.3 Å². The first-order valence-corrected chi connectivity index (χ1v) is 13.5. The molecule has 6 nitrogen and oxygen atoms in total. The molecule has 1 unspecified atom stereocenters. The van der Waals surface area contributed by atoms with Crippen molar-refractivity contribution in [2.45, 2.75) is 70.6 Å². The largest absolute Gasteiger partial charge is 0.416 e. The summed E-state index contributed by atoms with van der Waals surface area (Å²) >= 11 is 0. The van der Waals surface area contributed by atoms with Crippen molar-refractivity contribution in [2.24, 2.45) is 0 Å². The van der Waals surface area contributed by atoms with E-state index >= 15 is 0 Å². The third-order valence-corrected chi connectivity index (χ3v) is 7.67. The topological polar surface area (TPSA) is 69.7 Å². The van der Waals surface area contributed by atoms with Gasteiger partial charge in [0.2, 0.25) is 0 Å². The fourth-order valence-corrected chi connectivity index (χ4v) is 5.10. The smallest absolute Gasteiger partial charge is 0.321 e. The number of halogens is 3. The van der Waals surface area contributed by atoms with E-state index in [1.165, 1.54) is 12.1 Å². The number of hydrogen-bond acceptors (Lipinski definition) is 4. The highest BCUT2D eigenvalue weighted by Gasteiger charge is 2.32. The summed E-state index contributed by atoms with van der Waals surface area (Å²) in [5.74, 6) is -0.0490. The SMILES string of the molecule is C=CS(=O)(=O)CCCCN(C(=O)Nc1cccc(C(F)(F)F)c1)C1CCN(C(C)CCC)CC1. The molecule has 1 aliphatic heterocycles. The normalized spacial score (nSPS) is 16.7. The third kappa shape index (κ3) is 8.61. The van der Waals surface area contributed by atoms with E-state index in [9.17, 15) is 26.4 Å². The molecule has 1 N–H and O–H groups in total. The van der Waals surface area contributed by atoms with Crippen LogP contribution < -0.4 is 5.32 Å². The van der Waals surface area contributed by atoms with Crippen LogP contribution in [0.1, 0.15) is 57.9 Å². The number of urea groups is 1. The van der Waals surface area contributed by atoms with Crippen molar-refractivity contribution in [2.75, 3.05) is 30.7 Å². The zero-order valence-electron chi connectivity index (χ0n) is 20.0. The summed E-state index contributed by atoms with van der Waals surface area (Å²) in [6.45, 7) is 9.65. The molecule has 1 fully saturated rings. The van der Waals surface area contributed by atoms with E-state index in [2.05, 4.69) is 30.6 Å². The molecule has 0 aromatic heterocycles. The number of unbranched alkanes of at least 4 members (excludes halogenated alkanes) is 1. The molecule has 1 saturated heterocycles. The number of likely N-dealkylation sites (tertiary alicyclic amines) is 1. The van der Waals surface area contributed by atoms with E-state index < -0.39 is 27.6 Å². The number of amides is 2. The molecule has 34 heavy (non-hydrogen) atoms. The van der Waals surface area contributed by atoms with Gasteiger partial charge in [-0.15, -0.1) is 0 Å². The fraction of sp³-hybridized carbons (Fsp3) is 0.625. The molecule has 1 aromatic rings. The number of hydrogen-bond donors (Lipinski definition) is 1. The number of carbonyl (C=O) groups is 1. The summed E-state index contributed by atoms with van der Waals surface area (Å²) in [5.41, 5.74) is -0.752. The Kier molecular flexibility index (Phi) is 10.4. The second kappa shape index (κ2) is 12.6. The molecular weight excluding hydrogens is 467 g/mol. The van der Waals surface area contributed by atoms with Crippen molar-refractivity contribution in [1.29, 1.82) is 0 Å². The predicted octanol–water partition coefficient (Wildman–Crippen LogP) is 5.53. The Labute approximate surface area is 201 Å². The van der Waals surface area contributed by atoms with E-state index in [-0.39, 0.29) is 17.5 Å². The van der Waals surface area contributed by atoms with Crippen LogP contribution in [0, 0.1) is 0 Å². The molecule has 192 valence electrons. The zero-order chi connectivity index (χ0) is 25.4. The highest BCUT2D eigenvalue weighted by Crippen LogP contribution is 2.31. The second-order valence-corrected chi connectivity index (χ2v) is 10.9. The summed E-state index contributed by atoms with van der Waals surface area (Å²) in [5, 5.41) is 3.54. The molecular formula is C24H36F3N3O3S. The van der Waals surface area contributed by atoms with Crippen LogP contribution >= 0.6 is 0 Å². The second-order valence-electron chi connectivity index (χ2n) is 8.85. The molecule has 10 heteroatoms. The lowest BCUT2D eigenvalue weighted by Crippen LogP contribution is -2.50. The Morgan fingerprint density at radius 2 is 1.97 bits per heavy atom. The van der Waals surface area contributed by atoms with Gasteiger partial charge in [-0.25, -0.2) is 13.2 Å². The third-order valence-electron chi connectivity index (χ3n) is 6.30. The molecule has 2 amide bonds. The van der Waals surface area contributed by atoms with E-state index in [0.29, 0.717) is 25.4 Å². The number of nitrogens with one attached hydrogen (secondary N) is 1. The molecule has 0 saturated carbocycles. The Balaban J connectivity index is 2.08. The maximum atomic E-state index is 13.1. The van der Waals surface area contributed by atoms with Gasteiger partial charge < -0.3 is 15.1 Å². The van der Waals surface area contributed by atoms with Crippen LogP contribution in [-0.4, -0.2) is 61.7 Å². The number of benzene rings is 1. The van der Waals surface area contributed by atoms with Crippen molar-refractivity contribution >= 4 is 21.6 Å². The van der Waals surface area contributed by atoms with Gasteiger partial charge in [0.05, 0.1) is 11.3 Å². The summed E-state index contributed by atoms with van der Waals surface area (Å²) in [7, 11) is -3.32. The highest BCUT2D eigenvalue weighted by molar-refractivity contribution is 7.94.